The van der Waals surface area contributed by atoms with Crippen LogP contribution in [0.15, 0.2) is 0 Å². The molecular weight excluding hydrogens is 1400 g/mol. The van der Waals surface area contributed by atoms with E-state index in [1.807, 2.05) is 0 Å². The van der Waals surface area contributed by atoms with Gasteiger partial charge in [-0.1, -0.05) is 0 Å². The van der Waals surface area contributed by atoms with Crippen molar-refractivity contribution < 1.29 is 242 Å². The van der Waals surface area contributed by atoms with Crippen molar-refractivity contribution in [2.75, 3.05) is 13.2 Å². The minimum atomic E-state index is -0.833. The molecule has 0 aromatic carbocycles. The van der Waals surface area contributed by atoms with E-state index in [9.17, 15) is 4.79 Å². The lowest BCUT2D eigenvalue weighted by Crippen LogP contribution is -2.05. The van der Waals surface area contributed by atoms with E-state index in [4.69, 9.17) is 233 Å². The zero-order valence-corrected chi connectivity index (χ0v) is 59.1. The van der Waals surface area contributed by atoms with Crippen molar-refractivity contribution in [3.63, 3.8) is 0 Å². The monoisotopic (exact) mass is 1500 g/mol. The first-order chi connectivity index (χ1) is 43.6. The van der Waals surface area contributed by atoms with Crippen LogP contribution in [0.3, 0.4) is 0 Å². The molecular formula is C51H102O49. The Morgan fingerprint density at radius 1 is 0.170 bits per heavy atom. The SMILES string of the molecule is CC(=O)O.CC(=O)O.CC(=O)O.CC(=O)O.CC(=O)O.CC(=O)O.CC(=O)O.CC(=O)O.CC(=O)O.CC(=O)O.CC(=O)O.CC(=O)O.CC(=O)O.CC(=O)O.CC(=O)O.CC(=O)O.CC(=O)O.CC(=O)O.CC(=O)O.CC(=O)O.CC(=O)O.CC(=O)O.CC(=O)O.CCOC(=O)CCO. The number of rotatable bonds is 3. The summed E-state index contributed by atoms with van der Waals surface area (Å²) >= 11 is 0. The van der Waals surface area contributed by atoms with Gasteiger partial charge >= 0.3 is 5.97 Å². The second-order valence-corrected chi connectivity index (χ2v) is 13.2. The molecule has 24 N–H and O–H groups in total. The van der Waals surface area contributed by atoms with Crippen molar-refractivity contribution in [1.29, 1.82) is 0 Å². The summed E-state index contributed by atoms with van der Waals surface area (Å²) in [5.74, 6) is -19.5. The van der Waals surface area contributed by atoms with E-state index in [1.54, 1.807) is 6.92 Å². The summed E-state index contributed by atoms with van der Waals surface area (Å²) in [5, 5.41) is 179. The lowest BCUT2D eigenvalue weighted by Gasteiger charge is -1.96. The number of carbonyl (C=O) groups is 24. The quantitative estimate of drug-likeness (QED) is 0.180. The second kappa shape index (κ2) is 157. The highest BCUT2D eigenvalue weighted by Crippen LogP contribution is 1.82. The molecule has 49 heteroatoms. The van der Waals surface area contributed by atoms with Crippen molar-refractivity contribution >= 4 is 143 Å². The van der Waals surface area contributed by atoms with Gasteiger partial charge in [0.1, 0.15) is 0 Å². The van der Waals surface area contributed by atoms with E-state index in [-0.39, 0.29) is 19.0 Å². The Morgan fingerprint density at radius 3 is 0.250 bits per heavy atom. The van der Waals surface area contributed by atoms with E-state index in [2.05, 4.69) is 4.74 Å². The van der Waals surface area contributed by atoms with Gasteiger partial charge in [0.2, 0.25) is 0 Å². The van der Waals surface area contributed by atoms with Gasteiger partial charge in [0.05, 0.1) is 19.6 Å². The molecule has 49 nitrogen and oxygen atoms in total. The number of esters is 1. The summed E-state index contributed by atoms with van der Waals surface area (Å²) < 4.78 is 4.48. The predicted molar refractivity (Wildman–Crippen MR) is 334 cm³/mol. The molecule has 0 fully saturated rings. The van der Waals surface area contributed by atoms with E-state index < -0.39 is 137 Å². The Balaban J connectivity index is -0.0000000275. The topological polar surface area (TPSA) is 904 Å². The van der Waals surface area contributed by atoms with Crippen molar-refractivity contribution in [3.8, 4) is 0 Å². The van der Waals surface area contributed by atoms with Crippen LogP contribution in [0.2, 0.25) is 0 Å². The predicted octanol–water partition coefficient (Wildman–Crippen LogP) is 2.02. The number of carboxylic acid groups (broad SMARTS) is 23. The number of hydrogen-bond donors (Lipinski definition) is 24. The Bertz CT molecular complexity index is 1410. The molecule has 0 spiro atoms. The first kappa shape index (κ1) is 162. The molecule has 0 bridgehead atoms. The number of aliphatic hydroxyl groups excluding tert-OH is 1. The smallest absolute Gasteiger partial charge is 0.308 e. The van der Waals surface area contributed by atoms with E-state index in [0.717, 1.165) is 159 Å². The number of carboxylic acids is 23. The fourth-order valence-corrected chi connectivity index (χ4v) is 0.324. The summed E-state index contributed by atoms with van der Waals surface area (Å²) in [4.78, 5) is 217. The third-order valence-corrected chi connectivity index (χ3v) is 0.621. The van der Waals surface area contributed by atoms with Gasteiger partial charge in [-0.15, -0.1) is 0 Å². The van der Waals surface area contributed by atoms with Gasteiger partial charge in [0.25, 0.3) is 137 Å². The Morgan fingerprint density at radius 2 is 0.220 bits per heavy atom. The van der Waals surface area contributed by atoms with Crippen molar-refractivity contribution in [2.45, 2.75) is 173 Å². The van der Waals surface area contributed by atoms with Gasteiger partial charge in [0, 0.05) is 159 Å². The van der Waals surface area contributed by atoms with E-state index >= 15 is 0 Å². The van der Waals surface area contributed by atoms with Crippen LogP contribution >= 0.6 is 0 Å². The molecule has 0 aromatic rings. The van der Waals surface area contributed by atoms with Crippen molar-refractivity contribution in [3.05, 3.63) is 0 Å². The van der Waals surface area contributed by atoms with E-state index in [1.165, 1.54) is 0 Å². The molecule has 100 heavy (non-hydrogen) atoms. The molecule has 0 saturated carbocycles. The highest BCUT2D eigenvalue weighted by molar-refractivity contribution is 5.70. The fourth-order valence-electron chi connectivity index (χ4n) is 0.324. The van der Waals surface area contributed by atoms with Gasteiger partial charge < -0.3 is 127 Å². The van der Waals surface area contributed by atoms with Crippen LogP contribution < -0.4 is 0 Å². The van der Waals surface area contributed by atoms with E-state index in [0.29, 0.717) is 6.61 Å². The Kier molecular flexibility index (Phi) is 254. The molecule has 0 heterocycles. The molecule has 0 aliphatic carbocycles. The summed E-state index contributed by atoms with van der Waals surface area (Å²) in [6.45, 7) is 26.9. The average molecular weight is 1500 g/mol. The molecule has 0 rings (SSSR count). The zero-order chi connectivity index (χ0) is 88.7. The first-order valence-corrected chi connectivity index (χ1v) is 23.9. The maximum absolute atomic E-state index is 10.3. The lowest BCUT2D eigenvalue weighted by molar-refractivity contribution is -0.144. The normalized spacial score (nSPS) is 6.45. The number of aliphatic carboxylic acids is 23. The molecule has 0 aliphatic heterocycles. The highest BCUT2D eigenvalue weighted by Gasteiger charge is 1.96. The second-order valence-electron chi connectivity index (χ2n) is 13.2. The number of ether oxygens (including phenoxy) is 1. The first-order valence-electron chi connectivity index (χ1n) is 23.9. The van der Waals surface area contributed by atoms with Gasteiger partial charge in [-0.05, 0) is 6.92 Å². The van der Waals surface area contributed by atoms with Crippen LogP contribution in [0, 0.1) is 0 Å². The maximum atomic E-state index is 10.3. The minimum absolute atomic E-state index is 0.105. The summed E-state index contributed by atoms with van der Waals surface area (Å²) in [5.41, 5.74) is 0. The summed E-state index contributed by atoms with van der Waals surface area (Å²) in [6.07, 6.45) is 0.105. The molecule has 0 aliphatic rings. The standard InChI is InChI=1S/C5H10O3.23C2H4O2/c1-2-8-5(7)3-4-6;23*1-2(3)4/h6H,2-4H2,1H3;23*1H3,(H,3,4). The molecule has 0 amide bonds. The Hall–Kier alpha value is -12.8. The van der Waals surface area contributed by atoms with Crippen molar-refractivity contribution in [1.82, 2.24) is 0 Å². The number of aliphatic hydroxyl groups is 1. The summed E-state index contributed by atoms with van der Waals surface area (Å²) in [6, 6.07) is 0. The van der Waals surface area contributed by atoms with Crippen LogP contribution in [0.5, 0.6) is 0 Å². The van der Waals surface area contributed by atoms with Gasteiger partial charge in [0.15, 0.2) is 0 Å². The van der Waals surface area contributed by atoms with Crippen LogP contribution in [0.4, 0.5) is 0 Å². The van der Waals surface area contributed by atoms with Gasteiger partial charge in [-0.3, -0.25) is 115 Å². The van der Waals surface area contributed by atoms with Crippen LogP contribution in [-0.2, 0) is 120 Å². The number of carbonyl (C=O) groups excluding carboxylic acids is 1. The fraction of sp³-hybridized carbons (Fsp3) is 0.529. The Labute approximate surface area is 570 Å². The number of hydrogen-bond acceptors (Lipinski definition) is 26. The lowest BCUT2D eigenvalue weighted by atomic mass is 10.5. The zero-order valence-electron chi connectivity index (χ0n) is 59.1. The van der Waals surface area contributed by atoms with Gasteiger partial charge in [-0.25, -0.2) is 0 Å². The minimum Gasteiger partial charge on any atom is -0.481 e. The molecule has 600 valence electrons. The van der Waals surface area contributed by atoms with Crippen LogP contribution in [0.1, 0.15) is 173 Å². The molecule has 0 saturated heterocycles. The molecule has 0 radical (unpaired) electrons. The summed E-state index contributed by atoms with van der Waals surface area (Å²) in [7, 11) is 0. The average Bonchev–Trinajstić information content (AvgIpc) is 3.19. The van der Waals surface area contributed by atoms with Crippen LogP contribution in [-0.4, -0.2) is 279 Å². The molecule has 0 unspecified atom stereocenters. The highest BCUT2D eigenvalue weighted by atomic mass is 16.5. The van der Waals surface area contributed by atoms with Crippen LogP contribution in [0.25, 0.3) is 0 Å². The van der Waals surface area contributed by atoms with Gasteiger partial charge in [-0.2, -0.15) is 0 Å². The third-order valence-electron chi connectivity index (χ3n) is 0.621. The molecule has 0 atom stereocenters. The maximum Gasteiger partial charge on any atom is 0.308 e. The molecule has 0 aromatic heterocycles. The largest absolute Gasteiger partial charge is 0.481 e. The third kappa shape index (κ3) is 13200. The van der Waals surface area contributed by atoms with Crippen molar-refractivity contribution in [2.24, 2.45) is 0 Å².